The maximum atomic E-state index is 9.12. The Morgan fingerprint density at radius 3 is 2.00 bits per heavy atom. The standard InChI is InChI=1S/C6H12O6/c7-1-2-3(8)4(9)5(10)6(11)12-2/h2-11H,1H2/t2-,3+,4+,5-,6+/m1/s1/i6+1. The van der Waals surface area contributed by atoms with Gasteiger partial charge in [-0.2, -0.15) is 0 Å². The van der Waals surface area contributed by atoms with Crippen molar-refractivity contribution in [2.75, 3.05) is 6.61 Å². The van der Waals surface area contributed by atoms with Crippen LogP contribution in [0.4, 0.5) is 0 Å². The van der Waals surface area contributed by atoms with Crippen molar-refractivity contribution in [2.24, 2.45) is 0 Å². The van der Waals surface area contributed by atoms with Gasteiger partial charge in [0, 0.05) is 0 Å². The molecule has 0 radical (unpaired) electrons. The minimum Gasteiger partial charge on any atom is -0.394 e. The smallest absolute Gasteiger partial charge is 0.184 e. The largest absolute Gasteiger partial charge is 0.394 e. The van der Waals surface area contributed by atoms with Crippen LogP contribution in [0.15, 0.2) is 0 Å². The van der Waals surface area contributed by atoms with Gasteiger partial charge in [-0.05, 0) is 0 Å². The first kappa shape index (κ1) is 9.85. The highest BCUT2D eigenvalue weighted by Crippen LogP contribution is 2.18. The van der Waals surface area contributed by atoms with Gasteiger partial charge in [-0.1, -0.05) is 0 Å². The van der Waals surface area contributed by atoms with E-state index in [2.05, 4.69) is 4.74 Å². The molecule has 5 N–H and O–H groups in total. The lowest BCUT2D eigenvalue weighted by molar-refractivity contribution is -0.286. The predicted molar refractivity (Wildman–Crippen MR) is 36.0 cm³/mol. The van der Waals surface area contributed by atoms with Gasteiger partial charge in [0.05, 0.1) is 6.61 Å². The van der Waals surface area contributed by atoms with Gasteiger partial charge >= 0.3 is 0 Å². The van der Waals surface area contributed by atoms with Crippen LogP contribution in [0.25, 0.3) is 0 Å². The molecule has 0 spiro atoms. The normalized spacial score (nSPS) is 49.2. The highest BCUT2D eigenvalue weighted by atomic mass is 16.7. The molecule has 5 atom stereocenters. The molecule has 0 aliphatic carbocycles. The molecule has 0 aromatic heterocycles. The van der Waals surface area contributed by atoms with Crippen molar-refractivity contribution >= 4 is 0 Å². The van der Waals surface area contributed by atoms with E-state index in [1.807, 2.05) is 0 Å². The summed E-state index contributed by atoms with van der Waals surface area (Å²) in [7, 11) is 0. The van der Waals surface area contributed by atoms with Crippen LogP contribution in [0.2, 0.25) is 0 Å². The van der Waals surface area contributed by atoms with Crippen molar-refractivity contribution in [1.82, 2.24) is 0 Å². The van der Waals surface area contributed by atoms with Crippen LogP contribution in [0.5, 0.6) is 0 Å². The van der Waals surface area contributed by atoms with Gasteiger partial charge < -0.3 is 30.3 Å². The third-order valence-electron chi connectivity index (χ3n) is 1.87. The van der Waals surface area contributed by atoms with Gasteiger partial charge in [-0.25, -0.2) is 0 Å². The fourth-order valence-corrected chi connectivity index (χ4v) is 1.08. The number of rotatable bonds is 1. The van der Waals surface area contributed by atoms with Crippen molar-refractivity contribution in [3.8, 4) is 0 Å². The van der Waals surface area contributed by atoms with E-state index >= 15 is 0 Å². The Morgan fingerprint density at radius 2 is 1.50 bits per heavy atom. The fraction of sp³-hybridized carbons (Fsp3) is 1.00. The molecule has 1 fully saturated rings. The summed E-state index contributed by atoms with van der Waals surface area (Å²) in [4.78, 5) is 0. The average molecular weight is 181 g/mol. The Kier molecular flexibility index (Phi) is 2.99. The molecule has 6 heteroatoms. The van der Waals surface area contributed by atoms with E-state index < -0.39 is 37.3 Å². The van der Waals surface area contributed by atoms with E-state index in [1.165, 1.54) is 0 Å². The quantitative estimate of drug-likeness (QED) is 0.272. The second-order valence-electron chi connectivity index (χ2n) is 2.72. The molecule has 1 rings (SSSR count). The molecule has 72 valence electrons. The Morgan fingerprint density at radius 1 is 0.917 bits per heavy atom. The average Bonchev–Trinajstić information content (AvgIpc) is 2.08. The molecular formula is C6H12O6. The Hall–Kier alpha value is -0.240. The summed E-state index contributed by atoms with van der Waals surface area (Å²) in [5.41, 5.74) is 0. The highest BCUT2D eigenvalue weighted by molar-refractivity contribution is 4.87. The number of hydrogen-bond donors (Lipinski definition) is 5. The van der Waals surface area contributed by atoms with Crippen molar-refractivity contribution in [3.63, 3.8) is 0 Å². The van der Waals surface area contributed by atoms with Gasteiger partial charge in [0.15, 0.2) is 6.29 Å². The third-order valence-corrected chi connectivity index (χ3v) is 1.87. The highest BCUT2D eigenvalue weighted by Gasteiger charge is 2.42. The molecule has 12 heavy (non-hydrogen) atoms. The number of aliphatic hydroxyl groups is 5. The second-order valence-corrected chi connectivity index (χ2v) is 2.72. The molecule has 0 unspecified atom stereocenters. The first-order valence-corrected chi connectivity index (χ1v) is 3.56. The van der Waals surface area contributed by atoms with Gasteiger partial charge in [0.1, 0.15) is 24.4 Å². The van der Waals surface area contributed by atoms with Crippen molar-refractivity contribution in [2.45, 2.75) is 30.7 Å². The summed E-state index contributed by atoms with van der Waals surface area (Å²) in [6.45, 7) is -0.526. The number of aliphatic hydroxyl groups excluding tert-OH is 5. The summed E-state index contributed by atoms with van der Waals surface area (Å²) >= 11 is 0. The van der Waals surface area contributed by atoms with Crippen molar-refractivity contribution < 1.29 is 30.3 Å². The molecule has 0 amide bonds. The minimum absolute atomic E-state index is 0.526. The van der Waals surface area contributed by atoms with E-state index in [-0.39, 0.29) is 0 Å². The van der Waals surface area contributed by atoms with E-state index in [4.69, 9.17) is 25.5 Å². The number of ether oxygens (including phenoxy) is 1. The first-order valence-electron chi connectivity index (χ1n) is 3.56. The fourth-order valence-electron chi connectivity index (χ4n) is 1.08. The lowest BCUT2D eigenvalue weighted by Crippen LogP contribution is -2.58. The van der Waals surface area contributed by atoms with Crippen LogP contribution in [0.3, 0.4) is 0 Å². The van der Waals surface area contributed by atoms with E-state index in [0.717, 1.165) is 0 Å². The number of hydrogen-bond acceptors (Lipinski definition) is 6. The lowest BCUT2D eigenvalue weighted by Gasteiger charge is -2.37. The molecule has 6 nitrogen and oxygen atoms in total. The van der Waals surface area contributed by atoms with Gasteiger partial charge in [-0.3, -0.25) is 0 Å². The van der Waals surface area contributed by atoms with Crippen LogP contribution < -0.4 is 0 Å². The van der Waals surface area contributed by atoms with Gasteiger partial charge in [0.25, 0.3) is 0 Å². The molecule has 0 aromatic rings. The summed E-state index contributed by atoms with van der Waals surface area (Å²) in [5.74, 6) is 0. The van der Waals surface area contributed by atoms with Crippen LogP contribution in [-0.4, -0.2) is 62.8 Å². The van der Waals surface area contributed by atoms with Crippen molar-refractivity contribution in [3.05, 3.63) is 0 Å². The Balaban J connectivity index is 2.63. The minimum atomic E-state index is -1.57. The first-order chi connectivity index (χ1) is 5.57. The van der Waals surface area contributed by atoms with Crippen LogP contribution in [-0.2, 0) is 4.74 Å². The van der Waals surface area contributed by atoms with Crippen LogP contribution in [0.1, 0.15) is 0 Å². The molecule has 0 bridgehead atoms. The predicted octanol–water partition coefficient (Wildman–Crippen LogP) is -3.22. The zero-order valence-electron chi connectivity index (χ0n) is 6.24. The monoisotopic (exact) mass is 181 g/mol. The molecule has 1 aliphatic heterocycles. The van der Waals surface area contributed by atoms with Gasteiger partial charge in [-0.15, -0.1) is 0 Å². The van der Waals surface area contributed by atoms with Crippen molar-refractivity contribution in [1.29, 1.82) is 0 Å². The molecule has 0 saturated carbocycles. The van der Waals surface area contributed by atoms with E-state index in [9.17, 15) is 0 Å². The summed E-state index contributed by atoms with van der Waals surface area (Å²) < 4.78 is 4.58. The van der Waals surface area contributed by atoms with Crippen LogP contribution >= 0.6 is 0 Å². The van der Waals surface area contributed by atoms with E-state index in [0.29, 0.717) is 0 Å². The molecule has 1 aliphatic rings. The maximum Gasteiger partial charge on any atom is 0.184 e. The Labute approximate surface area is 68.6 Å². The zero-order chi connectivity index (χ0) is 9.30. The SMILES string of the molecule is OC[C@H]1O[13C@H](O)[C@H](O)[C@@H](O)[C@H]1O. The summed E-state index contributed by atoms with van der Waals surface area (Å²) in [6, 6.07) is 0. The summed E-state index contributed by atoms with van der Waals surface area (Å²) in [5, 5.41) is 44.7. The van der Waals surface area contributed by atoms with Gasteiger partial charge in [0.2, 0.25) is 0 Å². The zero-order valence-corrected chi connectivity index (χ0v) is 6.24. The second kappa shape index (κ2) is 3.65. The topological polar surface area (TPSA) is 110 Å². The third kappa shape index (κ3) is 1.58. The maximum absolute atomic E-state index is 9.12. The molecule has 1 heterocycles. The Bertz CT molecular complexity index is 146. The molecular weight excluding hydrogens is 169 g/mol. The molecule has 0 aromatic carbocycles. The van der Waals surface area contributed by atoms with E-state index in [1.54, 1.807) is 0 Å². The van der Waals surface area contributed by atoms with Crippen LogP contribution in [0, 0.1) is 0 Å². The summed E-state index contributed by atoms with van der Waals surface area (Å²) in [6.07, 6.45) is -7.04. The molecule has 1 saturated heterocycles. The lowest BCUT2D eigenvalue weighted by atomic mass is 10.0.